The number of aryl methyl sites for hydroxylation is 3. The monoisotopic (exact) mass is 1010 g/mol. The largest absolute Gasteiger partial charge is 0.494 e. The van der Waals surface area contributed by atoms with Crippen LogP contribution in [0.25, 0.3) is 90.9 Å². The molecule has 0 saturated carbocycles. The standard InChI is InChI=1S/C60H65N11O4/c1-69-35-23-43(24-36-69)57-49-17-15-47(65-49)56(42-11-13-46(14-12-42)75-41-7-4-10-55(72)63-33-8-31-61-29-5-6-30-62-32-9-34-64-60(73)74)48-16-18-50(66-48)58(44-25-37-70(2)38-26-44)52-20-22-54(68-52)59(53-21-19-51(57)67-53)45-27-39-71(3)40-28-45/h11-28,35-40,61-62,64H,4-10,29-34,41H2,1-3H3,(H-2,63,65,66,67,68,72,73,74)/p+3. The number of nitrogens with one attached hydrogen (secondary N) is 6. The average Bonchev–Trinajstić information content (AvgIpc) is 4.27. The highest BCUT2D eigenvalue weighted by Gasteiger charge is 2.20. The van der Waals surface area contributed by atoms with Crippen molar-refractivity contribution in [1.82, 2.24) is 41.2 Å². The van der Waals surface area contributed by atoms with Crippen LogP contribution in [0.15, 0.2) is 122 Å². The number of carbonyl (C=O) groups is 2. The second kappa shape index (κ2) is 25.1. The van der Waals surface area contributed by atoms with Crippen molar-refractivity contribution in [3.8, 4) is 50.3 Å². The minimum atomic E-state index is -0.980. The quantitative estimate of drug-likeness (QED) is 0.0246. The first-order valence-electron chi connectivity index (χ1n) is 26.1. The van der Waals surface area contributed by atoms with Crippen LogP contribution >= 0.6 is 0 Å². The Labute approximate surface area is 438 Å². The normalized spacial score (nSPS) is 11.8. The Hall–Kier alpha value is -8.27. The molecule has 8 heterocycles. The fourth-order valence-corrected chi connectivity index (χ4v) is 9.41. The number of carboxylic acid groups (broad SMARTS) is 1. The highest BCUT2D eigenvalue weighted by molar-refractivity contribution is 5.99. The van der Waals surface area contributed by atoms with Gasteiger partial charge >= 0.3 is 6.09 Å². The topological polar surface area (TPSA) is 181 Å². The molecule has 2 aliphatic rings. The maximum Gasteiger partial charge on any atom is 0.404 e. The number of unbranched alkanes of at least 4 members (excludes halogenated alkanes) is 2. The number of pyridine rings is 3. The second-order valence-corrected chi connectivity index (χ2v) is 19.1. The van der Waals surface area contributed by atoms with Gasteiger partial charge in [0.15, 0.2) is 37.2 Å². The lowest BCUT2D eigenvalue weighted by molar-refractivity contribution is -0.671. The molecule has 2 aliphatic heterocycles. The molecule has 9 rings (SSSR count). The summed E-state index contributed by atoms with van der Waals surface area (Å²) >= 11 is 0. The van der Waals surface area contributed by atoms with Crippen LogP contribution in [0, 0.1) is 0 Å². The van der Waals surface area contributed by atoms with E-state index in [-0.39, 0.29) is 5.91 Å². The number of carbonyl (C=O) groups excluding carboxylic acids is 1. The Bertz CT molecular complexity index is 3280. The number of fused-ring (bicyclic) bond motifs is 8. The molecule has 15 heteroatoms. The minimum absolute atomic E-state index is 0.0655. The molecule has 0 atom stereocenters. The van der Waals surface area contributed by atoms with Crippen LogP contribution in [0.4, 0.5) is 4.79 Å². The van der Waals surface area contributed by atoms with Crippen LogP contribution in [0.5, 0.6) is 5.75 Å². The Morgan fingerprint density at radius 1 is 0.467 bits per heavy atom. The lowest BCUT2D eigenvalue weighted by Gasteiger charge is -2.09. The van der Waals surface area contributed by atoms with Crippen molar-refractivity contribution < 1.29 is 33.1 Å². The number of H-pyrrole nitrogens is 2. The molecule has 0 spiro atoms. The van der Waals surface area contributed by atoms with Crippen molar-refractivity contribution in [1.29, 1.82) is 0 Å². The van der Waals surface area contributed by atoms with Gasteiger partial charge in [0.2, 0.25) is 5.91 Å². The van der Waals surface area contributed by atoms with Crippen molar-refractivity contribution in [2.45, 2.75) is 44.9 Å². The fraction of sp³-hybridized carbons (Fsp3) is 0.283. The van der Waals surface area contributed by atoms with Gasteiger partial charge in [-0.3, -0.25) is 4.79 Å². The molecule has 384 valence electrons. The van der Waals surface area contributed by atoms with Crippen LogP contribution in [-0.2, 0) is 25.9 Å². The molecule has 0 unspecified atom stereocenters. The number of aromatic nitrogens is 7. The van der Waals surface area contributed by atoms with Gasteiger partial charge in [0, 0.05) is 100 Å². The number of hydrogen-bond acceptors (Lipinski definition) is 7. The number of ether oxygens (including phenoxy) is 1. The maximum atomic E-state index is 12.6. The van der Waals surface area contributed by atoms with E-state index in [4.69, 9.17) is 19.8 Å². The summed E-state index contributed by atoms with van der Waals surface area (Å²) < 4.78 is 12.3. The highest BCUT2D eigenvalue weighted by atomic mass is 16.5. The van der Waals surface area contributed by atoms with Crippen LogP contribution < -0.4 is 39.7 Å². The number of nitrogens with zero attached hydrogens (tertiary/aromatic N) is 5. The smallest absolute Gasteiger partial charge is 0.404 e. The summed E-state index contributed by atoms with van der Waals surface area (Å²) in [6, 6.07) is 29.6. The Kier molecular flexibility index (Phi) is 17.3. The summed E-state index contributed by atoms with van der Waals surface area (Å²) in [7, 11) is 6.07. The molecule has 8 bridgehead atoms. The van der Waals surface area contributed by atoms with Crippen molar-refractivity contribution in [3.05, 3.63) is 145 Å². The summed E-state index contributed by atoms with van der Waals surface area (Å²) in [4.78, 5) is 41.6. The van der Waals surface area contributed by atoms with Gasteiger partial charge in [-0.2, -0.15) is 0 Å². The molecule has 0 radical (unpaired) electrons. The molecule has 7 aromatic rings. The highest BCUT2D eigenvalue weighted by Crippen LogP contribution is 2.38. The first kappa shape index (κ1) is 51.6. The third-order valence-electron chi connectivity index (χ3n) is 13.4. The predicted octanol–water partition coefficient (Wildman–Crippen LogP) is 8.47. The summed E-state index contributed by atoms with van der Waals surface area (Å²) in [6.45, 7) is 5.12. The molecule has 6 aromatic heterocycles. The zero-order valence-electron chi connectivity index (χ0n) is 43.2. The number of aromatic amines is 2. The van der Waals surface area contributed by atoms with E-state index >= 15 is 0 Å². The van der Waals surface area contributed by atoms with Gasteiger partial charge in [0.1, 0.15) is 26.9 Å². The number of benzene rings is 1. The van der Waals surface area contributed by atoms with E-state index in [1.165, 1.54) is 0 Å². The van der Waals surface area contributed by atoms with Crippen molar-refractivity contribution in [2.75, 3.05) is 45.9 Å². The van der Waals surface area contributed by atoms with E-state index in [9.17, 15) is 9.59 Å². The maximum absolute atomic E-state index is 12.6. The summed E-state index contributed by atoms with van der Waals surface area (Å²) in [5.74, 6) is 0.826. The minimum Gasteiger partial charge on any atom is -0.494 e. The molecule has 0 fully saturated rings. The van der Waals surface area contributed by atoms with Gasteiger partial charge in [-0.1, -0.05) is 12.1 Å². The molecule has 15 nitrogen and oxygen atoms in total. The Morgan fingerprint density at radius 2 is 0.840 bits per heavy atom. The first-order chi connectivity index (χ1) is 36.7. The molecule has 0 aliphatic carbocycles. The molecule has 7 N–H and O–H groups in total. The summed E-state index contributed by atoms with van der Waals surface area (Å²) in [6.07, 6.45) is 25.6. The van der Waals surface area contributed by atoms with Crippen molar-refractivity contribution in [2.24, 2.45) is 21.1 Å². The zero-order chi connectivity index (χ0) is 51.9. The van der Waals surface area contributed by atoms with Crippen molar-refractivity contribution >= 4 is 58.4 Å². The van der Waals surface area contributed by atoms with E-state index in [0.29, 0.717) is 26.1 Å². The third kappa shape index (κ3) is 13.5. The molecular formula is C60H68N11O4+3. The lowest BCUT2D eigenvalue weighted by atomic mass is 10.0. The van der Waals surface area contributed by atoms with Crippen LogP contribution in [-0.4, -0.2) is 82.9 Å². The second-order valence-electron chi connectivity index (χ2n) is 19.1. The number of amides is 2. The van der Waals surface area contributed by atoms with Gasteiger partial charge in [-0.05, 0) is 148 Å². The molecule has 1 aromatic carbocycles. The van der Waals surface area contributed by atoms with Crippen LogP contribution in [0.1, 0.15) is 67.7 Å². The predicted molar refractivity (Wildman–Crippen MR) is 297 cm³/mol. The van der Waals surface area contributed by atoms with E-state index in [0.717, 1.165) is 160 Å². The summed E-state index contributed by atoms with van der Waals surface area (Å²) in [5.41, 5.74) is 15.1. The van der Waals surface area contributed by atoms with Gasteiger partial charge in [0.05, 0.1) is 29.4 Å². The SMILES string of the molecule is C[n+]1ccc(-c2c3nc(c(-c4cc[n+](C)cc4)c4ccc([nH]4)c(-c4cc[n+](C)cc4)c4nc(c(-c5ccc(OCCCCC(=O)NCCCNCCCCNCCCNC(=O)O)cc5)c5ccc2[nH]5)C=C4)C=C3)cc1. The van der Waals surface area contributed by atoms with Crippen LogP contribution in [0.2, 0.25) is 0 Å². The van der Waals surface area contributed by atoms with Crippen molar-refractivity contribution in [3.63, 3.8) is 0 Å². The van der Waals surface area contributed by atoms with Crippen LogP contribution in [0.3, 0.4) is 0 Å². The van der Waals surface area contributed by atoms with E-state index < -0.39 is 6.09 Å². The average molecular weight is 1010 g/mol. The van der Waals surface area contributed by atoms with E-state index in [2.05, 4.69) is 166 Å². The van der Waals surface area contributed by atoms with Gasteiger partial charge < -0.3 is 41.1 Å². The Balaban J connectivity index is 0.935. The van der Waals surface area contributed by atoms with E-state index in [1.54, 1.807) is 0 Å². The molecular weight excluding hydrogens is 939 g/mol. The lowest BCUT2D eigenvalue weighted by Crippen LogP contribution is -2.28. The Morgan fingerprint density at radius 3 is 1.24 bits per heavy atom. The zero-order valence-corrected chi connectivity index (χ0v) is 43.2. The van der Waals surface area contributed by atoms with E-state index in [1.807, 2.05) is 47.0 Å². The molecule has 2 amide bonds. The third-order valence-corrected chi connectivity index (χ3v) is 13.4. The molecule has 75 heavy (non-hydrogen) atoms. The number of hydrogen-bond donors (Lipinski definition) is 7. The van der Waals surface area contributed by atoms with Gasteiger partial charge in [-0.15, -0.1) is 0 Å². The van der Waals surface area contributed by atoms with Gasteiger partial charge in [0.25, 0.3) is 0 Å². The fourth-order valence-electron chi connectivity index (χ4n) is 9.41. The van der Waals surface area contributed by atoms with Gasteiger partial charge in [-0.25, -0.2) is 28.5 Å². The summed E-state index contributed by atoms with van der Waals surface area (Å²) in [5, 5.41) is 20.8. The first-order valence-corrected chi connectivity index (χ1v) is 26.1. The number of rotatable bonds is 23. The molecule has 0 saturated heterocycles.